The second-order valence-corrected chi connectivity index (χ2v) is 11.3. The lowest BCUT2D eigenvalue weighted by molar-refractivity contribution is 1.02. The minimum absolute atomic E-state index is 0.698. The van der Waals surface area contributed by atoms with Gasteiger partial charge in [0.05, 0.1) is 16.7 Å². The normalized spacial score (nSPS) is 12.0. The van der Waals surface area contributed by atoms with Gasteiger partial charge < -0.3 is 0 Å². The predicted octanol–water partition coefficient (Wildman–Crippen LogP) is 9.91. The van der Waals surface area contributed by atoms with E-state index in [1.165, 1.54) is 42.4 Å². The molecule has 0 radical (unpaired) electrons. The van der Waals surface area contributed by atoms with Crippen LogP contribution in [0.1, 0.15) is 0 Å². The fourth-order valence-electron chi connectivity index (χ4n) is 6.13. The van der Waals surface area contributed by atoms with E-state index in [1.54, 1.807) is 11.3 Å². The monoisotopic (exact) mass is 527 g/mol. The summed E-state index contributed by atoms with van der Waals surface area (Å²) in [4.78, 5) is 11.6. The Hall–Kier alpha value is -5.06. The van der Waals surface area contributed by atoms with Crippen LogP contribution in [-0.4, -0.2) is 14.5 Å². The van der Waals surface area contributed by atoms with E-state index in [0.29, 0.717) is 5.95 Å². The summed E-state index contributed by atoms with van der Waals surface area (Å²) in [5, 5.41) is 9.60. The highest BCUT2D eigenvalue weighted by Gasteiger charge is 2.20. The van der Waals surface area contributed by atoms with Crippen LogP contribution < -0.4 is 0 Å². The van der Waals surface area contributed by atoms with Gasteiger partial charge in [-0.05, 0) is 51.9 Å². The number of aromatic nitrogens is 3. The van der Waals surface area contributed by atoms with Gasteiger partial charge in [0, 0.05) is 31.8 Å². The van der Waals surface area contributed by atoms with Crippen molar-refractivity contribution in [1.29, 1.82) is 0 Å². The van der Waals surface area contributed by atoms with E-state index in [0.717, 1.165) is 32.5 Å². The number of benzene rings is 6. The van der Waals surface area contributed by atoms with E-state index in [9.17, 15) is 0 Å². The summed E-state index contributed by atoms with van der Waals surface area (Å²) in [5.41, 5.74) is 4.29. The van der Waals surface area contributed by atoms with Crippen molar-refractivity contribution in [2.75, 3.05) is 0 Å². The minimum Gasteiger partial charge on any atom is -0.278 e. The molecular weight excluding hydrogens is 506 g/mol. The van der Waals surface area contributed by atoms with Crippen molar-refractivity contribution in [3.63, 3.8) is 0 Å². The second kappa shape index (κ2) is 8.22. The molecule has 0 aliphatic heterocycles. The van der Waals surface area contributed by atoms with E-state index >= 15 is 0 Å². The zero-order valence-electron chi connectivity index (χ0n) is 21.4. The van der Waals surface area contributed by atoms with Gasteiger partial charge in [0.25, 0.3) is 0 Å². The third-order valence-corrected chi connectivity index (χ3v) is 9.05. The van der Waals surface area contributed by atoms with E-state index in [1.807, 2.05) is 0 Å². The van der Waals surface area contributed by atoms with Gasteiger partial charge in [0.15, 0.2) is 0 Å². The molecule has 0 N–H and O–H groups in total. The largest absolute Gasteiger partial charge is 0.278 e. The number of hydrogen-bond acceptors (Lipinski definition) is 3. The molecule has 3 aromatic heterocycles. The minimum atomic E-state index is 0.698. The molecule has 3 nitrogen and oxygen atoms in total. The van der Waals surface area contributed by atoms with Crippen LogP contribution >= 0.6 is 11.3 Å². The molecule has 0 atom stereocenters. The number of rotatable bonds is 2. The zero-order valence-corrected chi connectivity index (χ0v) is 22.2. The Labute approximate surface area is 233 Å². The van der Waals surface area contributed by atoms with Gasteiger partial charge in [-0.25, -0.2) is 9.97 Å². The molecule has 9 aromatic rings. The highest BCUT2D eigenvalue weighted by Crippen LogP contribution is 2.41. The first-order valence-corrected chi connectivity index (χ1v) is 14.2. The molecule has 0 spiro atoms. The SMILES string of the molecule is c1ccc2cc(-c3nc(-n4c5ccccc5c5cc6ccccc6cc54)nc4sc5ccccc5c34)ccc2c1. The second-order valence-electron chi connectivity index (χ2n) is 10.3. The fourth-order valence-corrected chi connectivity index (χ4v) is 7.20. The third-order valence-electron chi connectivity index (χ3n) is 7.99. The number of thiophene rings is 1. The summed E-state index contributed by atoms with van der Waals surface area (Å²) in [6.07, 6.45) is 0. The highest BCUT2D eigenvalue weighted by atomic mass is 32.1. The number of para-hydroxylation sites is 1. The van der Waals surface area contributed by atoms with Crippen molar-refractivity contribution in [2.45, 2.75) is 0 Å². The summed E-state index contributed by atoms with van der Waals surface area (Å²) >= 11 is 1.73. The van der Waals surface area contributed by atoms with E-state index in [4.69, 9.17) is 9.97 Å². The van der Waals surface area contributed by atoms with E-state index < -0.39 is 0 Å². The van der Waals surface area contributed by atoms with Crippen LogP contribution in [0.15, 0.2) is 127 Å². The van der Waals surface area contributed by atoms with Crippen molar-refractivity contribution in [2.24, 2.45) is 0 Å². The number of nitrogens with zero attached hydrogens (tertiary/aromatic N) is 3. The molecule has 186 valence electrons. The third kappa shape index (κ3) is 3.11. The summed E-state index contributed by atoms with van der Waals surface area (Å²) in [6, 6.07) is 45.4. The van der Waals surface area contributed by atoms with Crippen LogP contribution in [0.2, 0.25) is 0 Å². The van der Waals surface area contributed by atoms with Crippen molar-refractivity contribution in [3.05, 3.63) is 127 Å². The average molecular weight is 528 g/mol. The molecule has 0 fully saturated rings. The van der Waals surface area contributed by atoms with Crippen LogP contribution in [0, 0.1) is 0 Å². The Morgan fingerprint density at radius 1 is 0.500 bits per heavy atom. The molecule has 40 heavy (non-hydrogen) atoms. The van der Waals surface area contributed by atoms with Gasteiger partial charge in [0.1, 0.15) is 4.83 Å². The van der Waals surface area contributed by atoms with E-state index in [2.05, 4.69) is 132 Å². The fraction of sp³-hybridized carbons (Fsp3) is 0. The molecule has 0 amide bonds. The first-order valence-electron chi connectivity index (χ1n) is 13.4. The first kappa shape index (κ1) is 21.8. The Balaban J connectivity index is 1.43. The van der Waals surface area contributed by atoms with Crippen LogP contribution in [0.4, 0.5) is 0 Å². The van der Waals surface area contributed by atoms with Gasteiger partial charge in [0.2, 0.25) is 5.95 Å². The van der Waals surface area contributed by atoms with Crippen LogP contribution in [-0.2, 0) is 0 Å². The van der Waals surface area contributed by atoms with Gasteiger partial charge in [-0.3, -0.25) is 4.57 Å². The maximum absolute atomic E-state index is 5.38. The Kier molecular flexibility index (Phi) is 4.48. The Bertz CT molecular complexity index is 2450. The van der Waals surface area contributed by atoms with Gasteiger partial charge in [-0.2, -0.15) is 0 Å². The summed E-state index contributed by atoms with van der Waals surface area (Å²) < 4.78 is 3.46. The molecule has 0 saturated carbocycles. The number of hydrogen-bond donors (Lipinski definition) is 0. The van der Waals surface area contributed by atoms with Crippen molar-refractivity contribution >= 4 is 75.0 Å². The molecule has 0 aliphatic rings. The molecular formula is C36H21N3S. The van der Waals surface area contributed by atoms with Gasteiger partial charge in [-0.15, -0.1) is 11.3 Å². The lowest BCUT2D eigenvalue weighted by Gasteiger charge is -2.11. The van der Waals surface area contributed by atoms with Gasteiger partial charge in [-0.1, -0.05) is 97.1 Å². The molecule has 3 heterocycles. The number of fused-ring (bicyclic) bond motifs is 8. The molecule has 6 aromatic carbocycles. The molecule has 0 saturated heterocycles. The average Bonchev–Trinajstić information content (AvgIpc) is 3.54. The molecule has 4 heteroatoms. The molecule has 0 aliphatic carbocycles. The highest BCUT2D eigenvalue weighted by molar-refractivity contribution is 7.25. The van der Waals surface area contributed by atoms with Crippen molar-refractivity contribution in [1.82, 2.24) is 14.5 Å². The first-order chi connectivity index (χ1) is 19.8. The zero-order chi connectivity index (χ0) is 26.2. The van der Waals surface area contributed by atoms with Gasteiger partial charge >= 0.3 is 0 Å². The molecule has 0 unspecified atom stereocenters. The van der Waals surface area contributed by atoms with Crippen LogP contribution in [0.25, 0.3) is 80.9 Å². The Morgan fingerprint density at radius 2 is 1.18 bits per heavy atom. The summed E-state index contributed by atoms with van der Waals surface area (Å²) in [6.45, 7) is 0. The standard InChI is InChI=1S/C36H21N3S/c1-2-10-23-19-26(18-17-22(23)9-1)34-33-28-14-6-8-16-32(28)40-35(33)38-36(37-34)39-30-15-7-5-13-27(30)29-20-24-11-3-4-12-25(24)21-31(29)39/h1-21H. The summed E-state index contributed by atoms with van der Waals surface area (Å²) in [7, 11) is 0. The molecule has 0 bridgehead atoms. The lowest BCUT2D eigenvalue weighted by atomic mass is 10.0. The van der Waals surface area contributed by atoms with Crippen molar-refractivity contribution in [3.8, 4) is 17.2 Å². The smallest absolute Gasteiger partial charge is 0.236 e. The quantitative estimate of drug-likeness (QED) is 0.224. The van der Waals surface area contributed by atoms with Crippen molar-refractivity contribution < 1.29 is 0 Å². The Morgan fingerprint density at radius 3 is 2.02 bits per heavy atom. The lowest BCUT2D eigenvalue weighted by Crippen LogP contribution is -2.02. The van der Waals surface area contributed by atoms with Crippen LogP contribution in [0.3, 0.4) is 0 Å². The summed E-state index contributed by atoms with van der Waals surface area (Å²) in [5.74, 6) is 0.698. The van der Waals surface area contributed by atoms with Crippen LogP contribution in [0.5, 0.6) is 0 Å². The topological polar surface area (TPSA) is 30.7 Å². The van der Waals surface area contributed by atoms with E-state index in [-0.39, 0.29) is 0 Å². The maximum atomic E-state index is 5.38. The molecule has 9 rings (SSSR count). The predicted molar refractivity (Wildman–Crippen MR) is 170 cm³/mol. The maximum Gasteiger partial charge on any atom is 0.236 e.